The summed E-state index contributed by atoms with van der Waals surface area (Å²) in [6, 6.07) is 1.69. The zero-order valence-corrected chi connectivity index (χ0v) is 10.1. The average Bonchev–Trinajstić information content (AvgIpc) is 2.65. The lowest BCUT2D eigenvalue weighted by molar-refractivity contribution is -0.144. The van der Waals surface area contributed by atoms with Crippen LogP contribution >= 0.6 is 11.3 Å². The number of thiophene rings is 1. The van der Waals surface area contributed by atoms with Gasteiger partial charge >= 0.3 is 5.97 Å². The second kappa shape index (κ2) is 4.95. The average molecular weight is 240 g/mol. The third kappa shape index (κ3) is 2.42. The van der Waals surface area contributed by atoms with E-state index in [1.54, 1.807) is 11.3 Å². The molecule has 1 aromatic rings. The Bertz CT molecular complexity index is 378. The smallest absolute Gasteiger partial charge is 0.322 e. The van der Waals surface area contributed by atoms with Gasteiger partial charge in [0.25, 0.3) is 0 Å². The van der Waals surface area contributed by atoms with E-state index in [0.29, 0.717) is 6.54 Å². The van der Waals surface area contributed by atoms with Crippen molar-refractivity contribution in [3.05, 3.63) is 21.9 Å². The molecule has 16 heavy (non-hydrogen) atoms. The van der Waals surface area contributed by atoms with E-state index in [1.807, 2.05) is 4.90 Å². The van der Waals surface area contributed by atoms with Crippen LogP contribution in [0.3, 0.4) is 0 Å². The fourth-order valence-corrected chi connectivity index (χ4v) is 2.86. The molecule has 1 aromatic heterocycles. The van der Waals surface area contributed by atoms with E-state index >= 15 is 0 Å². The summed E-state index contributed by atoms with van der Waals surface area (Å²) in [4.78, 5) is 14.4. The number of carboxylic acids is 1. The van der Waals surface area contributed by atoms with Crippen molar-refractivity contribution in [3.63, 3.8) is 0 Å². The zero-order valence-electron chi connectivity index (χ0n) is 9.27. The first-order valence-electron chi connectivity index (χ1n) is 5.39. The number of carbonyl (C=O) groups is 1. The van der Waals surface area contributed by atoms with Crippen molar-refractivity contribution < 1.29 is 9.90 Å². The number of hydrogen-bond donors (Lipinski definition) is 2. The molecule has 1 aliphatic heterocycles. The highest BCUT2D eigenvalue weighted by Gasteiger charge is 2.28. The number of carboxylic acid groups (broad SMARTS) is 1. The van der Waals surface area contributed by atoms with Crippen LogP contribution < -0.4 is 5.32 Å². The van der Waals surface area contributed by atoms with Gasteiger partial charge in [-0.1, -0.05) is 0 Å². The van der Waals surface area contributed by atoms with E-state index in [0.717, 1.165) is 19.6 Å². The molecule has 2 N–H and O–H groups in total. The second-order valence-corrected chi connectivity index (χ2v) is 5.06. The summed E-state index contributed by atoms with van der Waals surface area (Å²) >= 11 is 1.70. The van der Waals surface area contributed by atoms with Gasteiger partial charge in [0.15, 0.2) is 0 Å². The summed E-state index contributed by atoms with van der Waals surface area (Å²) in [7, 11) is 0. The first kappa shape index (κ1) is 11.6. The summed E-state index contributed by atoms with van der Waals surface area (Å²) in [6.07, 6.45) is 0. The molecule has 5 heteroatoms. The molecule has 0 aromatic carbocycles. The number of nitrogens with zero attached hydrogens (tertiary/aromatic N) is 1. The Hall–Kier alpha value is -0.910. The maximum Gasteiger partial charge on any atom is 0.322 e. The van der Waals surface area contributed by atoms with Gasteiger partial charge in [-0.15, -0.1) is 11.3 Å². The quantitative estimate of drug-likeness (QED) is 0.825. The summed E-state index contributed by atoms with van der Waals surface area (Å²) in [5, 5.41) is 14.3. The van der Waals surface area contributed by atoms with Crippen LogP contribution in [-0.2, 0) is 11.3 Å². The summed E-state index contributed by atoms with van der Waals surface area (Å²) in [5.74, 6) is -0.735. The number of nitrogens with one attached hydrogen (secondary N) is 1. The summed E-state index contributed by atoms with van der Waals surface area (Å²) < 4.78 is 0. The van der Waals surface area contributed by atoms with Crippen LogP contribution in [0.1, 0.15) is 10.4 Å². The van der Waals surface area contributed by atoms with Gasteiger partial charge in [-0.3, -0.25) is 9.69 Å². The summed E-state index contributed by atoms with van der Waals surface area (Å²) in [5.41, 5.74) is 1.26. The van der Waals surface area contributed by atoms with Gasteiger partial charge < -0.3 is 10.4 Å². The molecule has 1 fully saturated rings. The van der Waals surface area contributed by atoms with Crippen molar-refractivity contribution in [2.45, 2.75) is 19.5 Å². The van der Waals surface area contributed by atoms with Gasteiger partial charge in [0, 0.05) is 31.1 Å². The van der Waals surface area contributed by atoms with E-state index in [1.165, 1.54) is 10.4 Å². The van der Waals surface area contributed by atoms with Crippen LogP contribution in [0.4, 0.5) is 0 Å². The molecule has 0 aliphatic carbocycles. The first-order valence-corrected chi connectivity index (χ1v) is 6.27. The predicted molar refractivity (Wildman–Crippen MR) is 63.8 cm³/mol. The van der Waals surface area contributed by atoms with E-state index in [4.69, 9.17) is 5.11 Å². The molecule has 4 nitrogen and oxygen atoms in total. The lowest BCUT2D eigenvalue weighted by Crippen LogP contribution is -2.54. The van der Waals surface area contributed by atoms with Crippen molar-refractivity contribution in [1.82, 2.24) is 10.2 Å². The maximum absolute atomic E-state index is 11.1. The minimum Gasteiger partial charge on any atom is -0.480 e. The molecule has 1 aliphatic rings. The number of piperazine rings is 1. The molecule has 1 atom stereocenters. The first-order chi connectivity index (χ1) is 7.68. The van der Waals surface area contributed by atoms with Gasteiger partial charge in [-0.25, -0.2) is 0 Å². The fraction of sp³-hybridized carbons (Fsp3) is 0.545. The van der Waals surface area contributed by atoms with Crippen LogP contribution in [0.25, 0.3) is 0 Å². The Labute approximate surface area is 98.9 Å². The molecular weight excluding hydrogens is 224 g/mol. The maximum atomic E-state index is 11.1. The molecule has 0 amide bonds. The minimum absolute atomic E-state index is 0.393. The van der Waals surface area contributed by atoms with Crippen LogP contribution in [-0.4, -0.2) is 41.7 Å². The van der Waals surface area contributed by atoms with Crippen molar-refractivity contribution in [1.29, 1.82) is 0 Å². The Morgan fingerprint density at radius 1 is 1.75 bits per heavy atom. The van der Waals surface area contributed by atoms with Gasteiger partial charge in [-0.2, -0.15) is 0 Å². The van der Waals surface area contributed by atoms with E-state index in [-0.39, 0.29) is 0 Å². The van der Waals surface area contributed by atoms with Crippen LogP contribution in [0, 0.1) is 6.92 Å². The minimum atomic E-state index is -0.735. The van der Waals surface area contributed by atoms with Gasteiger partial charge in [0.1, 0.15) is 6.04 Å². The third-order valence-electron chi connectivity index (χ3n) is 2.95. The lowest BCUT2D eigenvalue weighted by Gasteiger charge is -2.33. The van der Waals surface area contributed by atoms with Crippen molar-refractivity contribution in [2.24, 2.45) is 0 Å². The highest BCUT2D eigenvalue weighted by Crippen LogP contribution is 2.19. The van der Waals surface area contributed by atoms with Gasteiger partial charge in [-0.05, 0) is 23.9 Å². The molecule has 1 saturated heterocycles. The number of aliphatic carboxylic acids is 1. The number of rotatable bonds is 3. The van der Waals surface area contributed by atoms with Gasteiger partial charge in [0.2, 0.25) is 0 Å². The highest BCUT2D eigenvalue weighted by molar-refractivity contribution is 7.10. The molecule has 0 saturated carbocycles. The van der Waals surface area contributed by atoms with Crippen molar-refractivity contribution >= 4 is 17.3 Å². The second-order valence-electron chi connectivity index (χ2n) is 4.06. The number of hydrogen-bond acceptors (Lipinski definition) is 4. The Morgan fingerprint density at radius 2 is 2.56 bits per heavy atom. The van der Waals surface area contributed by atoms with E-state index < -0.39 is 12.0 Å². The third-order valence-corrected chi connectivity index (χ3v) is 3.96. The monoisotopic (exact) mass is 240 g/mol. The molecule has 0 spiro atoms. The highest BCUT2D eigenvalue weighted by atomic mass is 32.1. The van der Waals surface area contributed by atoms with E-state index in [9.17, 15) is 4.79 Å². The molecule has 1 unspecified atom stereocenters. The largest absolute Gasteiger partial charge is 0.480 e. The molecule has 88 valence electrons. The fourth-order valence-electron chi connectivity index (χ4n) is 1.93. The van der Waals surface area contributed by atoms with Crippen LogP contribution in [0.5, 0.6) is 0 Å². The Kier molecular flexibility index (Phi) is 3.58. The molecular formula is C11H16N2O2S. The SMILES string of the molecule is Cc1ccsc1CN1CCNCC1C(=O)O. The van der Waals surface area contributed by atoms with Gasteiger partial charge in [0.05, 0.1) is 0 Å². The standard InChI is InChI=1S/C11H16N2O2S/c1-8-2-5-16-10(8)7-13-4-3-12-6-9(13)11(14)15/h2,5,9,12H,3-4,6-7H2,1H3,(H,14,15). The Morgan fingerprint density at radius 3 is 3.19 bits per heavy atom. The molecule has 2 heterocycles. The van der Waals surface area contributed by atoms with Crippen LogP contribution in [0.15, 0.2) is 11.4 Å². The predicted octanol–water partition coefficient (Wildman–Crippen LogP) is 0.915. The van der Waals surface area contributed by atoms with Crippen molar-refractivity contribution in [3.8, 4) is 0 Å². The van der Waals surface area contributed by atoms with Crippen LogP contribution in [0.2, 0.25) is 0 Å². The lowest BCUT2D eigenvalue weighted by atomic mass is 10.1. The summed E-state index contributed by atoms with van der Waals surface area (Å²) in [6.45, 7) is 5.04. The van der Waals surface area contributed by atoms with Crippen molar-refractivity contribution in [2.75, 3.05) is 19.6 Å². The Balaban J connectivity index is 2.07. The van der Waals surface area contributed by atoms with E-state index in [2.05, 4.69) is 23.7 Å². The number of aryl methyl sites for hydroxylation is 1. The topological polar surface area (TPSA) is 52.6 Å². The zero-order chi connectivity index (χ0) is 11.5. The molecule has 0 bridgehead atoms. The normalized spacial score (nSPS) is 22.2. The molecule has 2 rings (SSSR count). The molecule has 0 radical (unpaired) electrons.